The number of rotatable bonds is 10. The van der Waals surface area contributed by atoms with Gasteiger partial charge in [-0.3, -0.25) is 4.74 Å². The van der Waals surface area contributed by atoms with E-state index < -0.39 is 66.5 Å². The van der Waals surface area contributed by atoms with Gasteiger partial charge in [-0.05, 0) is 17.3 Å². The van der Waals surface area contributed by atoms with Crippen molar-refractivity contribution in [2.75, 3.05) is 13.8 Å². The van der Waals surface area contributed by atoms with Gasteiger partial charge in [0.25, 0.3) is 0 Å². The lowest BCUT2D eigenvalue weighted by atomic mass is 9.90. The van der Waals surface area contributed by atoms with E-state index in [4.69, 9.17) is 0 Å². The van der Waals surface area contributed by atoms with Gasteiger partial charge in [-0.1, -0.05) is 60.7 Å². The molecule has 0 fully saturated rings. The predicted molar refractivity (Wildman–Crippen MR) is 123 cm³/mol. The molecule has 0 unspecified atom stereocenters. The number of carbonyl (C=O) groups excluding carboxylic acids is 1. The van der Waals surface area contributed by atoms with Crippen LogP contribution in [-0.4, -0.2) is 61.5 Å². The molecule has 2 aromatic carbocycles. The van der Waals surface area contributed by atoms with Crippen molar-refractivity contribution in [1.82, 2.24) is 0 Å². The van der Waals surface area contributed by atoms with E-state index in [1.807, 2.05) is 0 Å². The zero-order valence-electron chi connectivity index (χ0n) is 21.2. The monoisotopic (exact) mass is 667 g/mol. The number of methoxy groups -OCH3 is 1. The molecule has 0 saturated heterocycles. The summed E-state index contributed by atoms with van der Waals surface area (Å²) in [4.78, 5) is 11.8. The van der Waals surface area contributed by atoms with Gasteiger partial charge in [0.05, 0.1) is 13.2 Å². The fourth-order valence-corrected chi connectivity index (χ4v) is 6.05. The lowest BCUT2D eigenvalue weighted by Gasteiger charge is -2.41. The minimum atomic E-state index is -8.49. The largest absolute Gasteiger partial charge is 0.466 e. The highest BCUT2D eigenvalue weighted by Crippen LogP contribution is 2.63. The number of ether oxygens (including phenoxy) is 1. The van der Waals surface area contributed by atoms with Crippen molar-refractivity contribution in [1.29, 1.82) is 0 Å². The van der Waals surface area contributed by atoms with Crippen molar-refractivity contribution in [3.63, 3.8) is 0 Å². The SMILES string of the molecule is COC(=O)/C=C(\N=P(C)(c1ccccc1)c1ccccc1)C(F)(F)C(F)(F)C(F)(F)C(F)(F)C(F)(F)C(F)(F)C(F)(F)F. The van der Waals surface area contributed by atoms with Gasteiger partial charge in [0.15, 0.2) is 0 Å². The quantitative estimate of drug-likeness (QED) is 0.112. The molecule has 19 heteroatoms. The van der Waals surface area contributed by atoms with Crippen LogP contribution in [0, 0.1) is 0 Å². The van der Waals surface area contributed by atoms with Gasteiger partial charge in [0, 0.05) is 7.05 Å². The van der Waals surface area contributed by atoms with Crippen molar-refractivity contribution in [2.24, 2.45) is 4.74 Å². The summed E-state index contributed by atoms with van der Waals surface area (Å²) in [5.41, 5.74) is -2.77. The van der Waals surface area contributed by atoms with Gasteiger partial charge in [-0.2, -0.15) is 65.9 Å². The molecule has 0 heterocycles. The second kappa shape index (κ2) is 11.4. The number of halogens is 15. The Labute approximate surface area is 232 Å². The molecular weight excluding hydrogens is 650 g/mol. The number of benzene rings is 2. The van der Waals surface area contributed by atoms with Crippen LogP contribution in [0.1, 0.15) is 0 Å². The van der Waals surface area contributed by atoms with Crippen LogP contribution < -0.4 is 10.6 Å². The van der Waals surface area contributed by atoms with Gasteiger partial charge in [-0.15, -0.1) is 0 Å². The second-order valence-electron chi connectivity index (χ2n) is 8.73. The Hall–Kier alpha value is -3.17. The Morgan fingerprint density at radius 3 is 1.33 bits per heavy atom. The molecule has 0 spiro atoms. The molecule has 0 saturated carbocycles. The normalized spacial score (nSPS) is 14.9. The van der Waals surface area contributed by atoms with Gasteiger partial charge in [0.1, 0.15) is 5.70 Å². The van der Waals surface area contributed by atoms with Gasteiger partial charge in [-0.25, -0.2) is 4.79 Å². The molecule has 0 aliphatic rings. The lowest BCUT2D eigenvalue weighted by molar-refractivity contribution is -0.450. The molecule has 0 aliphatic heterocycles. The van der Waals surface area contributed by atoms with Crippen molar-refractivity contribution in [2.45, 2.75) is 41.7 Å². The standard InChI is InChI=1S/C24H17F15NO2P/c1-42-17(41)13-16(40-43(2,14-9-5-3-6-10-14)15-11-7-4-8-12-15)18(25,26)19(27,28)20(29,30)21(31,32)22(33,34)23(35,36)24(37,38)39/h3-13H,1-2H3/b16-13-. The number of carbonyl (C=O) groups is 1. The van der Waals surface area contributed by atoms with Gasteiger partial charge >= 0.3 is 47.7 Å². The number of allylic oxidation sites excluding steroid dienone is 1. The van der Waals surface area contributed by atoms with Crippen LogP contribution in [0.15, 0.2) is 77.2 Å². The third-order valence-electron chi connectivity index (χ3n) is 5.93. The van der Waals surface area contributed by atoms with E-state index in [0.717, 1.165) is 6.66 Å². The van der Waals surface area contributed by atoms with E-state index in [-0.39, 0.29) is 10.6 Å². The maximum atomic E-state index is 15.3. The van der Waals surface area contributed by atoms with Gasteiger partial charge in [0.2, 0.25) is 0 Å². The maximum Gasteiger partial charge on any atom is 0.460 e. The molecule has 240 valence electrons. The summed E-state index contributed by atoms with van der Waals surface area (Å²) in [6.45, 7) is 1.00. The molecule has 3 nitrogen and oxygen atoms in total. The number of nitrogens with zero attached hydrogens (tertiary/aromatic N) is 1. The van der Waals surface area contributed by atoms with Crippen LogP contribution in [0.25, 0.3) is 0 Å². The minimum absolute atomic E-state index is 0.0791. The topological polar surface area (TPSA) is 38.7 Å². The highest BCUT2D eigenvalue weighted by Gasteiger charge is 2.93. The summed E-state index contributed by atoms with van der Waals surface area (Å²) in [6, 6.07) is 12.6. The first kappa shape index (κ1) is 36.0. The van der Waals surface area contributed by atoms with Crippen molar-refractivity contribution in [3.8, 4) is 0 Å². The first-order valence-electron chi connectivity index (χ1n) is 11.1. The van der Waals surface area contributed by atoms with Crippen LogP contribution in [0.3, 0.4) is 0 Å². The number of alkyl halides is 15. The van der Waals surface area contributed by atoms with E-state index in [2.05, 4.69) is 9.48 Å². The van der Waals surface area contributed by atoms with Crippen molar-refractivity contribution in [3.05, 3.63) is 72.4 Å². The molecular formula is C24H17F15NO2P. The first-order valence-corrected chi connectivity index (χ1v) is 13.3. The Kier molecular flexibility index (Phi) is 9.55. The summed E-state index contributed by atoms with van der Waals surface area (Å²) in [7, 11) is -3.49. The molecule has 0 bridgehead atoms. The summed E-state index contributed by atoms with van der Waals surface area (Å²) in [5.74, 6) is -50.2. The number of hydrogen-bond donors (Lipinski definition) is 0. The van der Waals surface area contributed by atoms with E-state index >= 15 is 8.78 Å². The average molecular weight is 667 g/mol. The summed E-state index contributed by atoms with van der Waals surface area (Å²) < 4.78 is 215. The lowest BCUT2D eigenvalue weighted by Crippen LogP contribution is -2.72. The highest BCUT2D eigenvalue weighted by atomic mass is 31.2. The third-order valence-corrected chi connectivity index (χ3v) is 9.15. The molecule has 0 amide bonds. The fraction of sp³-hybridized carbons (Fsp3) is 0.375. The summed E-state index contributed by atoms with van der Waals surface area (Å²) >= 11 is 0. The molecule has 0 atom stereocenters. The van der Waals surface area contributed by atoms with Crippen molar-refractivity contribution < 1.29 is 75.4 Å². The predicted octanol–water partition coefficient (Wildman–Crippen LogP) is 7.90. The molecule has 2 aromatic rings. The molecule has 43 heavy (non-hydrogen) atoms. The van der Waals surface area contributed by atoms with E-state index in [1.165, 1.54) is 60.7 Å². The van der Waals surface area contributed by atoms with E-state index in [1.54, 1.807) is 0 Å². The van der Waals surface area contributed by atoms with E-state index in [0.29, 0.717) is 7.11 Å². The molecule has 2 rings (SSSR count). The maximum absolute atomic E-state index is 15.3. The van der Waals surface area contributed by atoms with Crippen LogP contribution in [0.4, 0.5) is 65.9 Å². The average Bonchev–Trinajstić information content (AvgIpc) is 2.92. The summed E-state index contributed by atoms with van der Waals surface area (Å²) in [5, 5.41) is -0.158. The van der Waals surface area contributed by atoms with Crippen molar-refractivity contribution >= 4 is 23.6 Å². The zero-order valence-corrected chi connectivity index (χ0v) is 22.1. The van der Waals surface area contributed by atoms with Crippen LogP contribution in [0.2, 0.25) is 0 Å². The first-order chi connectivity index (χ1) is 19.3. The molecule has 0 radical (unpaired) electrons. The van der Waals surface area contributed by atoms with Crippen LogP contribution >= 0.6 is 7.05 Å². The second-order valence-corrected chi connectivity index (χ2v) is 11.9. The Bertz CT molecular complexity index is 1340. The summed E-state index contributed by atoms with van der Waals surface area (Å²) in [6.07, 6.45) is -8.40. The smallest absolute Gasteiger partial charge is 0.460 e. The number of hydrogen-bond acceptors (Lipinski definition) is 3. The molecule has 0 aromatic heterocycles. The minimum Gasteiger partial charge on any atom is -0.466 e. The zero-order chi connectivity index (χ0) is 33.5. The van der Waals surface area contributed by atoms with Crippen LogP contribution in [-0.2, 0) is 9.53 Å². The van der Waals surface area contributed by atoms with E-state index in [9.17, 15) is 61.9 Å². The Morgan fingerprint density at radius 2 is 0.977 bits per heavy atom. The molecule has 0 aliphatic carbocycles. The van der Waals surface area contributed by atoms with Gasteiger partial charge < -0.3 is 4.74 Å². The highest BCUT2D eigenvalue weighted by molar-refractivity contribution is 7.80. The third kappa shape index (κ3) is 5.74. The fourth-order valence-electron chi connectivity index (χ4n) is 3.40. The Morgan fingerprint density at radius 1 is 0.628 bits per heavy atom. The molecule has 0 N–H and O–H groups in total. The number of esters is 1. The van der Waals surface area contributed by atoms with Crippen LogP contribution in [0.5, 0.6) is 0 Å². The Balaban J connectivity index is 2.95.